The molecular formula is C23H22ClN3O4. The van der Waals surface area contributed by atoms with Gasteiger partial charge in [0, 0.05) is 0 Å². The van der Waals surface area contributed by atoms with Gasteiger partial charge in [0.2, 0.25) is 5.91 Å². The molecule has 1 heterocycles. The summed E-state index contributed by atoms with van der Waals surface area (Å²) in [5.41, 5.74) is 6.14. The number of hydrogen-bond donors (Lipinski definition) is 3. The number of carbonyl (C=O) groups excluding carboxylic acids is 3. The van der Waals surface area contributed by atoms with Crippen LogP contribution in [0.25, 0.3) is 0 Å². The first-order valence-corrected chi connectivity index (χ1v) is 9.99. The highest BCUT2D eigenvalue weighted by Gasteiger charge is 2.21. The zero-order valence-electron chi connectivity index (χ0n) is 17.1. The highest BCUT2D eigenvalue weighted by molar-refractivity contribution is 6.33. The number of carbonyl (C=O) groups is 3. The van der Waals surface area contributed by atoms with Crippen molar-refractivity contribution in [1.29, 1.82) is 0 Å². The highest BCUT2D eigenvalue weighted by atomic mass is 35.5. The maximum absolute atomic E-state index is 12.7. The molecule has 1 atom stereocenters. The van der Waals surface area contributed by atoms with Gasteiger partial charge in [-0.25, -0.2) is 0 Å². The fourth-order valence-electron chi connectivity index (χ4n) is 3.11. The first-order chi connectivity index (χ1) is 14.8. The van der Waals surface area contributed by atoms with Gasteiger partial charge in [-0.3, -0.25) is 25.2 Å². The number of halogens is 1. The SMILES string of the molecule is Cc1cc(C(=O)NNC(=O)CC(NC(=O)c2ccccc2Cl)c2ccccc2)c(C)o1. The number of benzene rings is 2. The maximum Gasteiger partial charge on any atom is 0.273 e. The predicted molar refractivity (Wildman–Crippen MR) is 117 cm³/mol. The molecule has 0 aliphatic carbocycles. The molecule has 8 heteroatoms. The Labute approximate surface area is 184 Å². The minimum absolute atomic E-state index is 0.0934. The number of nitrogens with one attached hydrogen (secondary N) is 3. The van der Waals surface area contributed by atoms with Crippen LogP contribution in [0.1, 0.15) is 50.3 Å². The van der Waals surface area contributed by atoms with E-state index < -0.39 is 23.8 Å². The Morgan fingerprint density at radius 2 is 1.58 bits per heavy atom. The van der Waals surface area contributed by atoms with Crippen molar-refractivity contribution >= 4 is 29.3 Å². The van der Waals surface area contributed by atoms with Crippen LogP contribution in [0.3, 0.4) is 0 Å². The van der Waals surface area contributed by atoms with Gasteiger partial charge in [-0.1, -0.05) is 54.1 Å². The average molecular weight is 440 g/mol. The van der Waals surface area contributed by atoms with Crippen LogP contribution in [0, 0.1) is 13.8 Å². The van der Waals surface area contributed by atoms with E-state index in [2.05, 4.69) is 16.2 Å². The average Bonchev–Trinajstić information content (AvgIpc) is 3.10. The van der Waals surface area contributed by atoms with E-state index in [-0.39, 0.29) is 6.42 Å². The zero-order chi connectivity index (χ0) is 22.4. The van der Waals surface area contributed by atoms with Crippen LogP contribution >= 0.6 is 11.6 Å². The molecule has 0 saturated carbocycles. The number of amides is 3. The number of hydrogen-bond acceptors (Lipinski definition) is 4. The van der Waals surface area contributed by atoms with Crippen molar-refractivity contribution in [1.82, 2.24) is 16.2 Å². The summed E-state index contributed by atoms with van der Waals surface area (Å²) in [6.45, 7) is 3.40. The Kier molecular flexibility index (Phi) is 7.10. The largest absolute Gasteiger partial charge is 0.466 e. The zero-order valence-corrected chi connectivity index (χ0v) is 17.8. The van der Waals surface area contributed by atoms with Crippen LogP contribution in [-0.2, 0) is 4.79 Å². The van der Waals surface area contributed by atoms with E-state index in [1.807, 2.05) is 18.2 Å². The number of hydrazine groups is 1. The van der Waals surface area contributed by atoms with Gasteiger partial charge in [-0.2, -0.15) is 0 Å². The van der Waals surface area contributed by atoms with E-state index in [9.17, 15) is 14.4 Å². The molecule has 2 aromatic carbocycles. The molecule has 0 radical (unpaired) electrons. The van der Waals surface area contributed by atoms with Crippen molar-refractivity contribution in [2.75, 3.05) is 0 Å². The van der Waals surface area contributed by atoms with Crippen LogP contribution in [0.4, 0.5) is 0 Å². The molecule has 0 aliphatic rings. The van der Waals surface area contributed by atoms with Gasteiger partial charge in [0.15, 0.2) is 0 Å². The summed E-state index contributed by atoms with van der Waals surface area (Å²) in [5.74, 6) is -0.307. The fraction of sp³-hybridized carbons (Fsp3) is 0.174. The summed E-state index contributed by atoms with van der Waals surface area (Å²) >= 11 is 6.12. The lowest BCUT2D eigenvalue weighted by molar-refractivity contribution is -0.122. The van der Waals surface area contributed by atoms with E-state index in [0.717, 1.165) is 5.56 Å². The summed E-state index contributed by atoms with van der Waals surface area (Å²) < 4.78 is 5.33. The second-order valence-corrected chi connectivity index (χ2v) is 7.36. The van der Waals surface area contributed by atoms with Crippen molar-refractivity contribution < 1.29 is 18.8 Å². The Morgan fingerprint density at radius 3 is 2.23 bits per heavy atom. The van der Waals surface area contributed by atoms with E-state index in [1.54, 1.807) is 56.3 Å². The monoisotopic (exact) mass is 439 g/mol. The normalized spacial score (nSPS) is 11.5. The van der Waals surface area contributed by atoms with Gasteiger partial charge in [-0.15, -0.1) is 0 Å². The first-order valence-electron chi connectivity index (χ1n) is 9.61. The fourth-order valence-corrected chi connectivity index (χ4v) is 3.33. The Balaban J connectivity index is 1.68. The second-order valence-electron chi connectivity index (χ2n) is 6.95. The molecule has 0 spiro atoms. The minimum Gasteiger partial charge on any atom is -0.466 e. The Hall–Kier alpha value is -3.58. The lowest BCUT2D eigenvalue weighted by atomic mass is 10.0. The molecule has 160 valence electrons. The van der Waals surface area contributed by atoms with E-state index in [0.29, 0.717) is 27.7 Å². The van der Waals surface area contributed by atoms with E-state index >= 15 is 0 Å². The summed E-state index contributed by atoms with van der Waals surface area (Å²) in [4.78, 5) is 37.5. The smallest absolute Gasteiger partial charge is 0.273 e. The van der Waals surface area contributed by atoms with E-state index in [4.69, 9.17) is 16.0 Å². The third kappa shape index (κ3) is 5.73. The quantitative estimate of drug-likeness (QED) is 0.507. The number of aryl methyl sites for hydroxylation is 2. The summed E-state index contributed by atoms with van der Waals surface area (Å²) in [6, 6.07) is 16.7. The number of furan rings is 1. The van der Waals surface area contributed by atoms with Gasteiger partial charge < -0.3 is 9.73 Å². The maximum atomic E-state index is 12.7. The van der Waals surface area contributed by atoms with Crippen LogP contribution in [0.15, 0.2) is 65.1 Å². The molecule has 3 amide bonds. The standard InChI is InChI=1S/C23H22ClN3O4/c1-14-12-18(15(2)31-14)23(30)27-26-21(28)13-20(16-8-4-3-5-9-16)25-22(29)17-10-6-7-11-19(17)24/h3-12,20H,13H2,1-2H3,(H,25,29)(H,26,28)(H,27,30). The van der Waals surface area contributed by atoms with Crippen LogP contribution in [0.5, 0.6) is 0 Å². The molecule has 0 bridgehead atoms. The third-order valence-corrected chi connectivity index (χ3v) is 4.95. The number of rotatable bonds is 6. The lowest BCUT2D eigenvalue weighted by Gasteiger charge is -2.19. The Bertz CT molecular complexity index is 1100. The van der Waals surface area contributed by atoms with Gasteiger partial charge in [0.05, 0.1) is 28.6 Å². The molecule has 3 aromatic rings. The molecule has 0 saturated heterocycles. The first kappa shape index (κ1) is 22.1. The van der Waals surface area contributed by atoms with Gasteiger partial charge in [-0.05, 0) is 37.6 Å². The summed E-state index contributed by atoms with van der Waals surface area (Å²) in [7, 11) is 0. The molecule has 1 aromatic heterocycles. The molecule has 0 aliphatic heterocycles. The van der Waals surface area contributed by atoms with Crippen molar-refractivity contribution in [2.24, 2.45) is 0 Å². The van der Waals surface area contributed by atoms with Crippen molar-refractivity contribution in [2.45, 2.75) is 26.3 Å². The Morgan fingerprint density at radius 1 is 0.903 bits per heavy atom. The van der Waals surface area contributed by atoms with Crippen LogP contribution in [-0.4, -0.2) is 17.7 Å². The summed E-state index contributed by atoms with van der Waals surface area (Å²) in [5, 5.41) is 3.16. The van der Waals surface area contributed by atoms with Crippen LogP contribution < -0.4 is 16.2 Å². The molecular weight excluding hydrogens is 418 g/mol. The topological polar surface area (TPSA) is 100 Å². The third-order valence-electron chi connectivity index (χ3n) is 4.62. The van der Waals surface area contributed by atoms with Crippen molar-refractivity contribution in [3.63, 3.8) is 0 Å². The molecule has 3 N–H and O–H groups in total. The summed E-state index contributed by atoms with van der Waals surface area (Å²) in [6.07, 6.45) is -0.0934. The van der Waals surface area contributed by atoms with Crippen LogP contribution in [0.2, 0.25) is 5.02 Å². The molecule has 31 heavy (non-hydrogen) atoms. The van der Waals surface area contributed by atoms with Gasteiger partial charge in [0.1, 0.15) is 11.5 Å². The molecule has 0 fully saturated rings. The van der Waals surface area contributed by atoms with E-state index in [1.165, 1.54) is 0 Å². The highest BCUT2D eigenvalue weighted by Crippen LogP contribution is 2.20. The predicted octanol–water partition coefficient (Wildman–Crippen LogP) is 3.87. The molecule has 1 unspecified atom stereocenters. The molecule has 7 nitrogen and oxygen atoms in total. The lowest BCUT2D eigenvalue weighted by Crippen LogP contribution is -2.43. The van der Waals surface area contributed by atoms with Gasteiger partial charge >= 0.3 is 0 Å². The van der Waals surface area contributed by atoms with Crippen molar-refractivity contribution in [3.8, 4) is 0 Å². The molecule has 3 rings (SSSR count). The second kappa shape index (κ2) is 9.95. The van der Waals surface area contributed by atoms with Gasteiger partial charge in [0.25, 0.3) is 11.8 Å². The minimum atomic E-state index is -0.625. The van der Waals surface area contributed by atoms with Crippen molar-refractivity contribution in [3.05, 3.63) is 93.9 Å².